The van der Waals surface area contributed by atoms with E-state index >= 15 is 0 Å². The third kappa shape index (κ3) is 2.07. The smallest absolute Gasteiger partial charge is 0.00324 e. The molecular formula is C9H12S. The highest BCUT2D eigenvalue weighted by molar-refractivity contribution is 8.02. The maximum absolute atomic E-state index is 2.26. The lowest BCUT2D eigenvalue weighted by Crippen LogP contribution is -1.69. The Kier molecular flexibility index (Phi) is 2.82. The topological polar surface area (TPSA) is 0 Å². The van der Waals surface area contributed by atoms with Gasteiger partial charge in [-0.1, -0.05) is 23.8 Å². The molecule has 0 spiro atoms. The number of hydrogen-bond acceptors (Lipinski definition) is 1. The second kappa shape index (κ2) is 3.67. The molecule has 0 saturated carbocycles. The maximum atomic E-state index is 2.26. The minimum Gasteiger partial charge on any atom is -0.130 e. The van der Waals surface area contributed by atoms with E-state index < -0.39 is 0 Å². The van der Waals surface area contributed by atoms with E-state index in [0.29, 0.717) is 0 Å². The predicted molar refractivity (Wildman–Crippen MR) is 49.1 cm³/mol. The molecule has 1 aliphatic carbocycles. The zero-order chi connectivity index (χ0) is 7.40. The third-order valence-electron chi connectivity index (χ3n) is 1.50. The Morgan fingerprint density at radius 3 is 3.00 bits per heavy atom. The molecule has 0 unspecified atom stereocenters. The van der Waals surface area contributed by atoms with Crippen LogP contribution in [0.5, 0.6) is 0 Å². The lowest BCUT2D eigenvalue weighted by Gasteiger charge is -1.93. The van der Waals surface area contributed by atoms with Crippen LogP contribution in [0.25, 0.3) is 0 Å². The normalized spacial score (nSPS) is 17.8. The largest absolute Gasteiger partial charge is 0.130 e. The van der Waals surface area contributed by atoms with E-state index in [0.717, 1.165) is 6.42 Å². The van der Waals surface area contributed by atoms with E-state index in [2.05, 4.69) is 37.5 Å². The van der Waals surface area contributed by atoms with Gasteiger partial charge in [0.15, 0.2) is 0 Å². The van der Waals surface area contributed by atoms with Crippen LogP contribution in [-0.2, 0) is 0 Å². The van der Waals surface area contributed by atoms with Crippen molar-refractivity contribution in [1.82, 2.24) is 0 Å². The lowest BCUT2D eigenvalue weighted by molar-refractivity contribution is 1.22. The van der Waals surface area contributed by atoms with E-state index in [9.17, 15) is 0 Å². The van der Waals surface area contributed by atoms with Crippen LogP contribution in [0.4, 0.5) is 0 Å². The van der Waals surface area contributed by atoms with E-state index in [1.54, 1.807) is 11.8 Å². The summed E-state index contributed by atoms with van der Waals surface area (Å²) in [6.45, 7) is 2.16. The molecule has 0 aliphatic heterocycles. The van der Waals surface area contributed by atoms with E-state index in [1.165, 1.54) is 10.5 Å². The summed E-state index contributed by atoms with van der Waals surface area (Å²) < 4.78 is 0. The Hall–Kier alpha value is -0.430. The van der Waals surface area contributed by atoms with Crippen molar-refractivity contribution in [3.8, 4) is 0 Å². The van der Waals surface area contributed by atoms with Crippen molar-refractivity contribution in [3.05, 3.63) is 34.8 Å². The van der Waals surface area contributed by atoms with Gasteiger partial charge in [0, 0.05) is 4.91 Å². The van der Waals surface area contributed by atoms with Crippen LogP contribution < -0.4 is 0 Å². The monoisotopic (exact) mass is 152 g/mol. The fourth-order valence-electron chi connectivity index (χ4n) is 0.856. The van der Waals surface area contributed by atoms with Gasteiger partial charge in [-0.2, -0.15) is 0 Å². The highest BCUT2D eigenvalue weighted by Crippen LogP contribution is 2.18. The molecule has 0 N–H and O–H groups in total. The Labute approximate surface area is 66.7 Å². The van der Waals surface area contributed by atoms with Gasteiger partial charge in [-0.05, 0) is 25.7 Å². The minimum absolute atomic E-state index is 1.10. The third-order valence-corrected chi connectivity index (χ3v) is 2.28. The minimum atomic E-state index is 1.10. The van der Waals surface area contributed by atoms with Crippen molar-refractivity contribution < 1.29 is 0 Å². The molecule has 1 heteroatoms. The Morgan fingerprint density at radius 1 is 1.50 bits per heavy atom. The van der Waals surface area contributed by atoms with Crippen molar-refractivity contribution in [2.75, 3.05) is 6.26 Å². The van der Waals surface area contributed by atoms with Gasteiger partial charge < -0.3 is 0 Å². The summed E-state index contributed by atoms with van der Waals surface area (Å²) in [5.41, 5.74) is 1.43. The molecular weight excluding hydrogens is 140 g/mol. The van der Waals surface area contributed by atoms with Gasteiger partial charge in [0.2, 0.25) is 0 Å². The first-order valence-corrected chi connectivity index (χ1v) is 4.63. The molecule has 0 atom stereocenters. The van der Waals surface area contributed by atoms with Crippen LogP contribution in [0.2, 0.25) is 0 Å². The highest BCUT2D eigenvalue weighted by Gasteiger charge is 1.92. The first-order chi connectivity index (χ1) is 4.83. The Bertz CT molecular complexity index is 197. The number of allylic oxidation sites excluding steroid dienone is 5. The lowest BCUT2D eigenvalue weighted by atomic mass is 10.2. The molecule has 0 amide bonds. The molecule has 0 bridgehead atoms. The summed E-state index contributed by atoms with van der Waals surface area (Å²) >= 11 is 1.80. The van der Waals surface area contributed by atoms with Crippen molar-refractivity contribution in [2.24, 2.45) is 0 Å². The van der Waals surface area contributed by atoms with Gasteiger partial charge >= 0.3 is 0 Å². The fourth-order valence-corrected chi connectivity index (χ4v) is 1.32. The van der Waals surface area contributed by atoms with Crippen molar-refractivity contribution in [1.29, 1.82) is 0 Å². The molecule has 0 fully saturated rings. The first kappa shape index (κ1) is 7.67. The molecule has 54 valence electrons. The first-order valence-electron chi connectivity index (χ1n) is 3.41. The van der Waals surface area contributed by atoms with Crippen LogP contribution in [0.1, 0.15) is 13.3 Å². The molecule has 10 heavy (non-hydrogen) atoms. The summed E-state index contributed by atoms with van der Waals surface area (Å²) in [5, 5.41) is 0. The van der Waals surface area contributed by atoms with Crippen LogP contribution in [-0.4, -0.2) is 6.26 Å². The number of hydrogen-bond donors (Lipinski definition) is 0. The molecule has 1 aliphatic rings. The van der Waals surface area contributed by atoms with Crippen LogP contribution in [0.15, 0.2) is 34.8 Å². The summed E-state index contributed by atoms with van der Waals surface area (Å²) in [6.07, 6.45) is 11.9. The molecule has 0 nitrogen and oxygen atoms in total. The molecule has 1 rings (SSSR count). The standard InChI is InChI=1S/C9H12S/c1-8-4-3-5-9(10-2)7-6-8/h3-5,7H,6H2,1-2H3. The molecule has 0 aromatic heterocycles. The molecule has 0 aromatic carbocycles. The van der Waals surface area contributed by atoms with Crippen LogP contribution >= 0.6 is 11.8 Å². The fraction of sp³-hybridized carbons (Fsp3) is 0.333. The van der Waals surface area contributed by atoms with Gasteiger partial charge in [0.05, 0.1) is 0 Å². The molecule has 0 heterocycles. The predicted octanol–water partition coefficient (Wildman–Crippen LogP) is 3.14. The van der Waals surface area contributed by atoms with Gasteiger partial charge in [-0.3, -0.25) is 0 Å². The molecule has 0 saturated heterocycles. The van der Waals surface area contributed by atoms with Crippen LogP contribution in [0.3, 0.4) is 0 Å². The van der Waals surface area contributed by atoms with Gasteiger partial charge in [0.1, 0.15) is 0 Å². The van der Waals surface area contributed by atoms with Gasteiger partial charge in [0.25, 0.3) is 0 Å². The van der Waals surface area contributed by atoms with Crippen molar-refractivity contribution in [3.63, 3.8) is 0 Å². The van der Waals surface area contributed by atoms with Crippen LogP contribution in [0, 0.1) is 0 Å². The zero-order valence-corrected chi connectivity index (χ0v) is 7.24. The summed E-state index contributed by atoms with van der Waals surface area (Å²) in [5.74, 6) is 0. The number of rotatable bonds is 1. The Balaban J connectivity index is 2.69. The van der Waals surface area contributed by atoms with Gasteiger partial charge in [-0.15, -0.1) is 11.8 Å². The second-order valence-corrected chi connectivity index (χ2v) is 3.27. The average molecular weight is 152 g/mol. The van der Waals surface area contributed by atoms with E-state index in [4.69, 9.17) is 0 Å². The number of thioether (sulfide) groups is 1. The molecule has 0 aromatic rings. The zero-order valence-electron chi connectivity index (χ0n) is 6.42. The molecule has 0 radical (unpaired) electrons. The van der Waals surface area contributed by atoms with Crippen molar-refractivity contribution in [2.45, 2.75) is 13.3 Å². The SMILES string of the molecule is CSC1=CCC(C)=CC=C1. The maximum Gasteiger partial charge on any atom is 0.00324 e. The van der Waals surface area contributed by atoms with Crippen molar-refractivity contribution >= 4 is 11.8 Å². The average Bonchev–Trinajstić information content (AvgIpc) is 2.14. The van der Waals surface area contributed by atoms with E-state index in [-0.39, 0.29) is 0 Å². The summed E-state index contributed by atoms with van der Waals surface area (Å²) in [7, 11) is 0. The quantitative estimate of drug-likeness (QED) is 0.556. The van der Waals surface area contributed by atoms with E-state index in [1.807, 2.05) is 0 Å². The Morgan fingerprint density at radius 2 is 2.30 bits per heavy atom. The highest BCUT2D eigenvalue weighted by atomic mass is 32.2. The summed E-state index contributed by atoms with van der Waals surface area (Å²) in [6, 6.07) is 0. The second-order valence-electron chi connectivity index (χ2n) is 2.39. The van der Waals surface area contributed by atoms with Gasteiger partial charge in [-0.25, -0.2) is 0 Å². The summed E-state index contributed by atoms with van der Waals surface area (Å²) in [4.78, 5) is 1.37.